The van der Waals surface area contributed by atoms with Gasteiger partial charge in [-0.25, -0.2) is 4.98 Å². The van der Waals surface area contributed by atoms with Crippen molar-refractivity contribution < 1.29 is 5.11 Å². The van der Waals surface area contributed by atoms with Crippen LogP contribution in [0, 0.1) is 11.8 Å². The standard InChI is InChI=1S/C25H33Cl2N5O/c1-16(20-8-7-19(26)12-22(20)27)28-24-21-5-2-6-23(21)29-25(30-24)32-14-18(15-32)17-4-3-9-31(13-17)10-11-33/h7-8,12,16-18,33H,2-6,9-11,13-15H2,1H3,(H,28,29,30)/t16-,17?/m1/s1. The van der Waals surface area contributed by atoms with Crippen LogP contribution in [0.15, 0.2) is 18.2 Å². The number of nitrogens with one attached hydrogen (secondary N) is 1. The number of fused-ring (bicyclic) bond motifs is 1. The zero-order chi connectivity index (χ0) is 22.9. The maximum atomic E-state index is 9.28. The molecule has 0 amide bonds. The third-order valence-corrected chi connectivity index (χ3v) is 8.08. The summed E-state index contributed by atoms with van der Waals surface area (Å²) in [7, 11) is 0. The van der Waals surface area contributed by atoms with Gasteiger partial charge < -0.3 is 20.2 Å². The van der Waals surface area contributed by atoms with Crippen LogP contribution in [0.25, 0.3) is 0 Å². The Labute approximate surface area is 206 Å². The minimum Gasteiger partial charge on any atom is -0.395 e. The van der Waals surface area contributed by atoms with Crippen LogP contribution in [0.3, 0.4) is 0 Å². The van der Waals surface area contributed by atoms with Crippen LogP contribution in [-0.2, 0) is 12.8 Å². The van der Waals surface area contributed by atoms with Gasteiger partial charge in [0.2, 0.25) is 5.95 Å². The van der Waals surface area contributed by atoms with E-state index in [4.69, 9.17) is 33.2 Å². The number of hydrogen-bond acceptors (Lipinski definition) is 6. The third kappa shape index (κ3) is 4.95. The molecular formula is C25H33Cl2N5O. The van der Waals surface area contributed by atoms with E-state index in [1.54, 1.807) is 6.07 Å². The molecule has 0 radical (unpaired) electrons. The molecule has 2 aromatic rings. The summed E-state index contributed by atoms with van der Waals surface area (Å²) in [5.41, 5.74) is 3.45. The Bertz CT molecular complexity index is 995. The minimum atomic E-state index is 0.0195. The number of aliphatic hydroxyl groups is 1. The van der Waals surface area contributed by atoms with Crippen molar-refractivity contribution in [3.8, 4) is 0 Å². The Kier molecular flexibility index (Phi) is 6.98. The zero-order valence-corrected chi connectivity index (χ0v) is 20.7. The molecule has 6 nitrogen and oxygen atoms in total. The van der Waals surface area contributed by atoms with Crippen molar-refractivity contribution in [1.29, 1.82) is 0 Å². The molecular weight excluding hydrogens is 457 g/mol. The molecule has 1 unspecified atom stereocenters. The number of piperidine rings is 1. The Balaban J connectivity index is 1.29. The number of nitrogens with zero attached hydrogens (tertiary/aromatic N) is 4. The SMILES string of the molecule is C[C@@H](Nc1nc(N2CC(C3CCCN(CCO)C3)C2)nc2c1CCC2)c1ccc(Cl)cc1Cl. The Morgan fingerprint density at radius 3 is 2.76 bits per heavy atom. The first-order valence-corrected chi connectivity index (χ1v) is 13.0. The summed E-state index contributed by atoms with van der Waals surface area (Å²) in [6.07, 6.45) is 5.69. The summed E-state index contributed by atoms with van der Waals surface area (Å²) in [4.78, 5) is 14.7. The first-order valence-electron chi connectivity index (χ1n) is 12.2. The van der Waals surface area contributed by atoms with E-state index in [1.807, 2.05) is 12.1 Å². The lowest BCUT2D eigenvalue weighted by atomic mass is 9.81. The van der Waals surface area contributed by atoms with Gasteiger partial charge in [0.1, 0.15) is 5.82 Å². The largest absolute Gasteiger partial charge is 0.395 e. The summed E-state index contributed by atoms with van der Waals surface area (Å²) < 4.78 is 0. The summed E-state index contributed by atoms with van der Waals surface area (Å²) in [5, 5.41) is 14.2. The summed E-state index contributed by atoms with van der Waals surface area (Å²) >= 11 is 12.5. The first-order chi connectivity index (χ1) is 16.0. The Morgan fingerprint density at radius 2 is 1.97 bits per heavy atom. The van der Waals surface area contributed by atoms with Crippen molar-refractivity contribution in [2.45, 2.75) is 45.1 Å². The highest BCUT2D eigenvalue weighted by atomic mass is 35.5. The van der Waals surface area contributed by atoms with Gasteiger partial charge in [-0.05, 0) is 75.1 Å². The van der Waals surface area contributed by atoms with E-state index in [-0.39, 0.29) is 12.6 Å². The second-order valence-corrected chi connectivity index (χ2v) is 10.6. The van der Waals surface area contributed by atoms with Crippen molar-refractivity contribution in [1.82, 2.24) is 14.9 Å². The molecule has 1 aliphatic carbocycles. The number of halogens is 2. The van der Waals surface area contributed by atoms with Gasteiger partial charge in [0.15, 0.2) is 0 Å². The lowest BCUT2D eigenvalue weighted by Gasteiger charge is -2.46. The molecule has 3 heterocycles. The number of aryl methyl sites for hydroxylation is 1. The summed E-state index contributed by atoms with van der Waals surface area (Å²) in [6, 6.07) is 5.67. The highest BCUT2D eigenvalue weighted by Gasteiger charge is 2.37. The molecule has 3 aliphatic rings. The predicted octanol–water partition coefficient (Wildman–Crippen LogP) is 4.59. The molecule has 2 N–H and O–H groups in total. The molecule has 1 aromatic carbocycles. The molecule has 0 spiro atoms. The van der Waals surface area contributed by atoms with E-state index in [2.05, 4.69) is 22.0 Å². The fraction of sp³-hybridized carbons (Fsp3) is 0.600. The van der Waals surface area contributed by atoms with Crippen LogP contribution in [0.4, 0.5) is 11.8 Å². The van der Waals surface area contributed by atoms with Crippen molar-refractivity contribution in [2.75, 3.05) is 49.5 Å². The molecule has 33 heavy (non-hydrogen) atoms. The number of aromatic nitrogens is 2. The molecule has 2 fully saturated rings. The summed E-state index contributed by atoms with van der Waals surface area (Å²) in [5.74, 6) is 3.19. The monoisotopic (exact) mass is 489 g/mol. The van der Waals surface area contributed by atoms with Crippen molar-refractivity contribution in [3.05, 3.63) is 45.1 Å². The summed E-state index contributed by atoms with van der Waals surface area (Å²) in [6.45, 7) is 7.43. The molecule has 178 valence electrons. The molecule has 2 aliphatic heterocycles. The fourth-order valence-electron chi connectivity index (χ4n) is 5.61. The van der Waals surface area contributed by atoms with E-state index in [0.29, 0.717) is 21.9 Å². The first kappa shape index (κ1) is 23.2. The molecule has 2 atom stereocenters. The predicted molar refractivity (Wildman–Crippen MR) is 135 cm³/mol. The smallest absolute Gasteiger partial charge is 0.227 e. The molecule has 1 aromatic heterocycles. The van der Waals surface area contributed by atoms with E-state index < -0.39 is 0 Å². The molecule has 5 rings (SSSR count). The van der Waals surface area contributed by atoms with E-state index in [9.17, 15) is 5.11 Å². The van der Waals surface area contributed by atoms with Crippen molar-refractivity contribution >= 4 is 35.0 Å². The van der Waals surface area contributed by atoms with Gasteiger partial charge in [-0.3, -0.25) is 0 Å². The van der Waals surface area contributed by atoms with Gasteiger partial charge in [-0.2, -0.15) is 4.98 Å². The zero-order valence-electron chi connectivity index (χ0n) is 19.2. The third-order valence-electron chi connectivity index (χ3n) is 7.52. The van der Waals surface area contributed by atoms with Crippen molar-refractivity contribution in [2.24, 2.45) is 11.8 Å². The number of benzene rings is 1. The minimum absolute atomic E-state index is 0.0195. The number of rotatable bonds is 7. The van der Waals surface area contributed by atoms with Crippen LogP contribution in [0.2, 0.25) is 10.0 Å². The topological polar surface area (TPSA) is 64.5 Å². The average molecular weight is 490 g/mol. The number of β-amino-alcohol motifs (C(OH)–C–C–N with tert-alkyl or cyclic N) is 1. The van der Waals surface area contributed by atoms with Crippen molar-refractivity contribution in [3.63, 3.8) is 0 Å². The van der Waals surface area contributed by atoms with Crippen LogP contribution >= 0.6 is 23.2 Å². The lowest BCUT2D eigenvalue weighted by molar-refractivity contribution is 0.101. The quantitative estimate of drug-likeness (QED) is 0.592. The van der Waals surface area contributed by atoms with Gasteiger partial charge in [-0.1, -0.05) is 29.3 Å². The highest BCUT2D eigenvalue weighted by Crippen LogP contribution is 2.36. The lowest BCUT2D eigenvalue weighted by Crippen LogP contribution is -2.54. The maximum absolute atomic E-state index is 9.28. The number of anilines is 2. The Hall–Kier alpha value is -1.60. The van der Waals surface area contributed by atoms with E-state index >= 15 is 0 Å². The molecule has 2 saturated heterocycles. The van der Waals surface area contributed by atoms with E-state index in [0.717, 1.165) is 69.3 Å². The van der Waals surface area contributed by atoms with Crippen LogP contribution < -0.4 is 10.2 Å². The normalized spacial score (nSPS) is 22.2. The van der Waals surface area contributed by atoms with Gasteiger partial charge in [0, 0.05) is 41.8 Å². The Morgan fingerprint density at radius 1 is 1.12 bits per heavy atom. The van der Waals surface area contributed by atoms with Gasteiger partial charge in [0.05, 0.1) is 18.3 Å². The average Bonchev–Trinajstić information content (AvgIpc) is 3.22. The molecule has 0 saturated carbocycles. The van der Waals surface area contributed by atoms with Gasteiger partial charge in [0.25, 0.3) is 0 Å². The number of hydrogen-bond donors (Lipinski definition) is 2. The van der Waals surface area contributed by atoms with Crippen LogP contribution in [0.5, 0.6) is 0 Å². The maximum Gasteiger partial charge on any atom is 0.227 e. The number of likely N-dealkylation sites (tertiary alicyclic amines) is 1. The van der Waals surface area contributed by atoms with Gasteiger partial charge in [-0.15, -0.1) is 0 Å². The van der Waals surface area contributed by atoms with E-state index in [1.165, 1.54) is 24.1 Å². The molecule has 8 heteroatoms. The fourth-order valence-corrected chi connectivity index (χ4v) is 6.18. The van der Waals surface area contributed by atoms with Crippen LogP contribution in [-0.4, -0.2) is 59.3 Å². The number of aliphatic hydroxyl groups excluding tert-OH is 1. The van der Waals surface area contributed by atoms with Crippen LogP contribution in [0.1, 0.15) is 49.0 Å². The second kappa shape index (κ2) is 9.95. The van der Waals surface area contributed by atoms with Gasteiger partial charge >= 0.3 is 0 Å². The highest BCUT2D eigenvalue weighted by molar-refractivity contribution is 6.35. The second-order valence-electron chi connectivity index (χ2n) is 9.77. The molecule has 0 bridgehead atoms.